The summed E-state index contributed by atoms with van der Waals surface area (Å²) in [6.45, 7) is 2.67. The van der Waals surface area contributed by atoms with E-state index in [-0.39, 0.29) is 11.9 Å². The van der Waals surface area contributed by atoms with Crippen molar-refractivity contribution >= 4 is 17.2 Å². The van der Waals surface area contributed by atoms with E-state index in [1.165, 1.54) is 5.56 Å². The van der Waals surface area contributed by atoms with E-state index in [2.05, 4.69) is 16.8 Å². The first-order valence-corrected chi connectivity index (χ1v) is 7.09. The number of thiophene rings is 1. The first-order chi connectivity index (χ1) is 8.77. The van der Waals surface area contributed by atoms with E-state index in [9.17, 15) is 4.79 Å². The highest BCUT2D eigenvalue weighted by Crippen LogP contribution is 2.34. The van der Waals surface area contributed by atoms with Gasteiger partial charge in [-0.05, 0) is 48.2 Å². The summed E-state index contributed by atoms with van der Waals surface area (Å²) in [6, 6.07) is 4.11. The summed E-state index contributed by atoms with van der Waals surface area (Å²) in [6.07, 6.45) is 3.71. The molecular weight excluding hydrogens is 246 g/mol. The number of nitrogens with zero attached hydrogens (tertiary/aromatic N) is 1. The zero-order valence-electron chi connectivity index (χ0n) is 10.3. The van der Waals surface area contributed by atoms with Crippen LogP contribution >= 0.6 is 11.3 Å². The molecule has 1 aliphatic heterocycles. The molecule has 1 fully saturated rings. The zero-order valence-corrected chi connectivity index (χ0v) is 11.1. The van der Waals surface area contributed by atoms with Crippen molar-refractivity contribution in [2.75, 3.05) is 6.54 Å². The molecule has 18 heavy (non-hydrogen) atoms. The summed E-state index contributed by atoms with van der Waals surface area (Å²) >= 11 is 1.68. The number of likely N-dealkylation sites (tertiary alicyclic amines) is 1. The van der Waals surface area contributed by atoms with Gasteiger partial charge in [-0.2, -0.15) is 11.3 Å². The van der Waals surface area contributed by atoms with E-state index in [0.717, 1.165) is 19.4 Å². The Bertz CT molecular complexity index is 544. The second-order valence-corrected chi connectivity index (χ2v) is 5.38. The van der Waals surface area contributed by atoms with Gasteiger partial charge in [0.15, 0.2) is 0 Å². The lowest BCUT2D eigenvalue weighted by molar-refractivity contribution is 0.0734. The largest absolute Gasteiger partial charge is 0.469 e. The van der Waals surface area contributed by atoms with Gasteiger partial charge < -0.3 is 9.32 Å². The van der Waals surface area contributed by atoms with Crippen molar-refractivity contribution in [2.45, 2.75) is 25.8 Å². The summed E-state index contributed by atoms with van der Waals surface area (Å²) in [5.41, 5.74) is 1.95. The summed E-state index contributed by atoms with van der Waals surface area (Å²) in [5, 5.41) is 4.21. The van der Waals surface area contributed by atoms with Crippen molar-refractivity contribution in [1.29, 1.82) is 0 Å². The quantitative estimate of drug-likeness (QED) is 0.827. The van der Waals surface area contributed by atoms with Crippen molar-refractivity contribution in [3.63, 3.8) is 0 Å². The van der Waals surface area contributed by atoms with Crippen LogP contribution in [0, 0.1) is 6.92 Å². The Morgan fingerprint density at radius 2 is 2.39 bits per heavy atom. The van der Waals surface area contributed by atoms with Gasteiger partial charge >= 0.3 is 0 Å². The Hall–Kier alpha value is -1.55. The van der Waals surface area contributed by atoms with Crippen LogP contribution in [0.5, 0.6) is 0 Å². The van der Waals surface area contributed by atoms with Crippen LogP contribution in [0.4, 0.5) is 0 Å². The van der Waals surface area contributed by atoms with E-state index in [1.807, 2.05) is 11.8 Å². The molecule has 94 valence electrons. The minimum Gasteiger partial charge on any atom is -0.469 e. The summed E-state index contributed by atoms with van der Waals surface area (Å²) < 4.78 is 5.23. The maximum atomic E-state index is 12.5. The lowest BCUT2D eigenvalue weighted by atomic mass is 10.1. The standard InChI is InChI=1S/C14H15NO2S/c1-10-12(4-7-17-10)14(16)15-6-2-3-13(15)11-5-8-18-9-11/h4-5,7-9,13H,2-3,6H2,1H3. The Morgan fingerprint density at radius 1 is 1.50 bits per heavy atom. The van der Waals surface area contributed by atoms with Crippen LogP contribution in [0.1, 0.15) is 40.6 Å². The van der Waals surface area contributed by atoms with E-state index in [1.54, 1.807) is 23.7 Å². The molecule has 0 bridgehead atoms. The fourth-order valence-electron chi connectivity index (χ4n) is 2.58. The van der Waals surface area contributed by atoms with Gasteiger partial charge in [-0.25, -0.2) is 0 Å². The molecule has 0 N–H and O–H groups in total. The average Bonchev–Trinajstić information content (AvgIpc) is 3.09. The SMILES string of the molecule is Cc1occc1C(=O)N1CCCC1c1ccsc1. The molecule has 0 spiro atoms. The number of rotatable bonds is 2. The van der Waals surface area contributed by atoms with E-state index < -0.39 is 0 Å². The molecule has 1 amide bonds. The third kappa shape index (κ3) is 1.86. The van der Waals surface area contributed by atoms with Crippen LogP contribution in [0.2, 0.25) is 0 Å². The number of carbonyl (C=O) groups excluding carboxylic acids is 1. The Labute approximate surface area is 110 Å². The molecule has 3 rings (SSSR count). The molecule has 3 nitrogen and oxygen atoms in total. The molecule has 2 aromatic rings. The number of carbonyl (C=O) groups is 1. The van der Waals surface area contributed by atoms with Gasteiger partial charge in [0.2, 0.25) is 0 Å². The molecule has 1 saturated heterocycles. The molecule has 3 heterocycles. The molecule has 0 saturated carbocycles. The fraction of sp³-hybridized carbons (Fsp3) is 0.357. The third-order valence-corrected chi connectivity index (χ3v) is 4.23. The maximum Gasteiger partial charge on any atom is 0.257 e. The molecule has 1 aliphatic rings. The molecule has 4 heteroatoms. The average molecular weight is 261 g/mol. The maximum absolute atomic E-state index is 12.5. The van der Waals surface area contributed by atoms with Gasteiger partial charge in [0, 0.05) is 6.54 Å². The highest BCUT2D eigenvalue weighted by molar-refractivity contribution is 7.07. The van der Waals surface area contributed by atoms with E-state index in [0.29, 0.717) is 11.3 Å². The van der Waals surface area contributed by atoms with Gasteiger partial charge in [0.1, 0.15) is 5.76 Å². The first-order valence-electron chi connectivity index (χ1n) is 6.14. The van der Waals surface area contributed by atoms with Crippen LogP contribution < -0.4 is 0 Å². The summed E-state index contributed by atoms with van der Waals surface area (Å²) in [4.78, 5) is 14.5. The molecule has 1 atom stereocenters. The lowest BCUT2D eigenvalue weighted by Gasteiger charge is -2.24. The monoisotopic (exact) mass is 261 g/mol. The fourth-order valence-corrected chi connectivity index (χ4v) is 3.29. The van der Waals surface area contributed by atoms with Crippen molar-refractivity contribution in [3.05, 3.63) is 46.0 Å². The van der Waals surface area contributed by atoms with E-state index >= 15 is 0 Å². The zero-order chi connectivity index (χ0) is 12.5. The van der Waals surface area contributed by atoms with Gasteiger partial charge in [-0.3, -0.25) is 4.79 Å². The Balaban J connectivity index is 1.88. The second-order valence-electron chi connectivity index (χ2n) is 4.60. The Kier molecular flexibility index (Phi) is 2.96. The normalized spacial score (nSPS) is 19.4. The number of hydrogen-bond acceptors (Lipinski definition) is 3. The van der Waals surface area contributed by atoms with Gasteiger partial charge in [0.25, 0.3) is 5.91 Å². The highest BCUT2D eigenvalue weighted by atomic mass is 32.1. The first kappa shape index (κ1) is 11.5. The minimum atomic E-state index is 0.0925. The number of aryl methyl sites for hydroxylation is 1. The highest BCUT2D eigenvalue weighted by Gasteiger charge is 2.31. The predicted octanol–water partition coefficient (Wildman–Crippen LogP) is 3.63. The molecule has 0 aliphatic carbocycles. The third-order valence-electron chi connectivity index (χ3n) is 3.53. The Morgan fingerprint density at radius 3 is 3.06 bits per heavy atom. The smallest absolute Gasteiger partial charge is 0.257 e. The topological polar surface area (TPSA) is 33.5 Å². The number of hydrogen-bond donors (Lipinski definition) is 0. The van der Waals surface area contributed by atoms with Crippen LogP contribution in [-0.2, 0) is 0 Å². The van der Waals surface area contributed by atoms with Crippen molar-refractivity contribution < 1.29 is 9.21 Å². The molecule has 1 unspecified atom stereocenters. The van der Waals surface area contributed by atoms with Gasteiger partial charge in [-0.15, -0.1) is 0 Å². The van der Waals surface area contributed by atoms with Crippen LogP contribution in [0.25, 0.3) is 0 Å². The van der Waals surface area contributed by atoms with Crippen LogP contribution in [0.15, 0.2) is 33.6 Å². The summed E-state index contributed by atoms with van der Waals surface area (Å²) in [7, 11) is 0. The van der Waals surface area contributed by atoms with Crippen LogP contribution in [-0.4, -0.2) is 17.4 Å². The predicted molar refractivity (Wildman–Crippen MR) is 70.8 cm³/mol. The van der Waals surface area contributed by atoms with Crippen molar-refractivity contribution in [3.8, 4) is 0 Å². The van der Waals surface area contributed by atoms with Crippen LogP contribution in [0.3, 0.4) is 0 Å². The van der Waals surface area contributed by atoms with Gasteiger partial charge in [0.05, 0.1) is 17.9 Å². The van der Waals surface area contributed by atoms with E-state index in [4.69, 9.17) is 4.42 Å². The number of amides is 1. The number of furan rings is 1. The molecule has 0 aromatic carbocycles. The molecular formula is C14H15NO2S. The van der Waals surface area contributed by atoms with Crippen molar-refractivity contribution in [1.82, 2.24) is 4.90 Å². The summed E-state index contributed by atoms with van der Waals surface area (Å²) in [5.74, 6) is 0.797. The van der Waals surface area contributed by atoms with Gasteiger partial charge in [-0.1, -0.05) is 0 Å². The lowest BCUT2D eigenvalue weighted by Crippen LogP contribution is -2.30. The molecule has 2 aromatic heterocycles. The second kappa shape index (κ2) is 4.61. The minimum absolute atomic E-state index is 0.0925. The molecule has 0 radical (unpaired) electrons. The van der Waals surface area contributed by atoms with Crippen molar-refractivity contribution in [2.24, 2.45) is 0 Å².